The van der Waals surface area contributed by atoms with E-state index in [-0.39, 0.29) is 11.8 Å². The van der Waals surface area contributed by atoms with Gasteiger partial charge in [-0.05, 0) is 88.7 Å². The van der Waals surface area contributed by atoms with Crippen molar-refractivity contribution in [2.45, 2.75) is 121 Å². The molecule has 3 heterocycles. The lowest BCUT2D eigenvalue weighted by Gasteiger charge is -2.56. The molecule has 0 spiro atoms. The second-order valence-corrected chi connectivity index (χ2v) is 12.6. The van der Waals surface area contributed by atoms with Crippen molar-refractivity contribution in [2.24, 2.45) is 11.8 Å². The summed E-state index contributed by atoms with van der Waals surface area (Å²) in [5, 5.41) is 0. The van der Waals surface area contributed by atoms with E-state index in [1.807, 2.05) is 35.2 Å². The number of fused-ring (bicyclic) bond motifs is 4. The number of carbonyl (C=O) groups is 3. The number of ketones is 1. The monoisotopic (exact) mass is 505 g/mol. The van der Waals surface area contributed by atoms with E-state index in [0.29, 0.717) is 31.1 Å². The van der Waals surface area contributed by atoms with Gasteiger partial charge >= 0.3 is 11.8 Å². The van der Waals surface area contributed by atoms with E-state index in [0.717, 1.165) is 36.8 Å². The molecule has 6 rings (SSSR count). The lowest BCUT2D eigenvalue weighted by atomic mass is 9.68. The first-order valence-electron chi connectivity index (χ1n) is 15.0. The molecule has 1 aromatic carbocycles. The highest BCUT2D eigenvalue weighted by Crippen LogP contribution is 2.46. The van der Waals surface area contributed by atoms with Crippen molar-refractivity contribution in [1.29, 1.82) is 0 Å². The second-order valence-electron chi connectivity index (χ2n) is 12.6. The minimum atomic E-state index is -0.505. The molecule has 2 unspecified atom stereocenters. The van der Waals surface area contributed by atoms with Crippen LogP contribution in [0.4, 0.5) is 5.69 Å². The molecule has 6 heteroatoms. The molecule has 0 N–H and O–H groups in total. The minimum absolute atomic E-state index is 0.0203. The van der Waals surface area contributed by atoms with Crippen LogP contribution in [-0.4, -0.2) is 64.2 Å². The molecule has 37 heavy (non-hydrogen) atoms. The molecular formula is C31H43N3O3. The molecule has 3 saturated heterocycles. The molecule has 0 aromatic heterocycles. The van der Waals surface area contributed by atoms with Gasteiger partial charge in [0.1, 0.15) is 0 Å². The third kappa shape index (κ3) is 4.86. The molecule has 2 aliphatic carbocycles. The summed E-state index contributed by atoms with van der Waals surface area (Å²) in [7, 11) is 0. The molecule has 200 valence electrons. The van der Waals surface area contributed by atoms with Crippen LogP contribution in [0.3, 0.4) is 0 Å². The lowest BCUT2D eigenvalue weighted by molar-refractivity contribution is -0.147. The SMILES string of the molecule is CC(=O)[C@@H]1CCCN1C(=O)C(=O)N(c1ccccc1)C1C[C@H]2CCC[C@@H](C1)N2C1C[C@H]2CCC[C@@H](C1)C2. The minimum Gasteiger partial charge on any atom is -0.324 e. The number of Topliss-reactive ketones (excluding diaryl/α,β-unsaturated/α-hetero) is 1. The number of anilines is 1. The van der Waals surface area contributed by atoms with Crippen LogP contribution in [0.1, 0.15) is 90.4 Å². The van der Waals surface area contributed by atoms with Crippen LogP contribution in [0.15, 0.2) is 30.3 Å². The highest BCUT2D eigenvalue weighted by Gasteiger charge is 2.48. The molecule has 5 aliphatic rings. The van der Waals surface area contributed by atoms with Crippen LogP contribution in [0, 0.1) is 11.8 Å². The Morgan fingerprint density at radius 2 is 1.41 bits per heavy atom. The smallest absolute Gasteiger partial charge is 0.316 e. The first kappa shape index (κ1) is 25.1. The zero-order chi connectivity index (χ0) is 25.5. The van der Waals surface area contributed by atoms with E-state index in [9.17, 15) is 14.4 Å². The van der Waals surface area contributed by atoms with Crippen molar-refractivity contribution < 1.29 is 14.4 Å². The Morgan fingerprint density at radius 3 is 2.05 bits per heavy atom. The van der Waals surface area contributed by atoms with Gasteiger partial charge in [-0.1, -0.05) is 43.9 Å². The quantitative estimate of drug-likeness (QED) is 0.543. The molecule has 4 bridgehead atoms. The summed E-state index contributed by atoms with van der Waals surface area (Å²) in [5.41, 5.74) is 0.808. The van der Waals surface area contributed by atoms with Crippen molar-refractivity contribution in [3.63, 3.8) is 0 Å². The number of hydrogen-bond donors (Lipinski definition) is 0. The number of benzene rings is 1. The van der Waals surface area contributed by atoms with Crippen LogP contribution in [0.25, 0.3) is 0 Å². The van der Waals surface area contributed by atoms with Crippen LogP contribution in [-0.2, 0) is 14.4 Å². The highest BCUT2D eigenvalue weighted by atomic mass is 16.2. The predicted molar refractivity (Wildman–Crippen MR) is 144 cm³/mol. The molecule has 2 saturated carbocycles. The average molecular weight is 506 g/mol. The Hall–Kier alpha value is -2.21. The number of carbonyl (C=O) groups excluding carboxylic acids is 3. The maximum absolute atomic E-state index is 13.9. The molecule has 2 amide bonds. The fourth-order valence-electron chi connectivity index (χ4n) is 8.88. The van der Waals surface area contributed by atoms with Crippen molar-refractivity contribution >= 4 is 23.3 Å². The highest BCUT2D eigenvalue weighted by molar-refractivity contribution is 6.40. The Morgan fingerprint density at radius 1 is 0.757 bits per heavy atom. The number of hydrogen-bond acceptors (Lipinski definition) is 4. The third-order valence-corrected chi connectivity index (χ3v) is 10.3. The summed E-state index contributed by atoms with van der Waals surface area (Å²) in [6, 6.07) is 11.0. The summed E-state index contributed by atoms with van der Waals surface area (Å²) < 4.78 is 0. The number of para-hydroxylation sites is 1. The maximum atomic E-state index is 13.9. The van der Waals surface area contributed by atoms with Gasteiger partial charge in [0.2, 0.25) is 0 Å². The van der Waals surface area contributed by atoms with E-state index in [4.69, 9.17) is 0 Å². The van der Waals surface area contributed by atoms with Crippen LogP contribution < -0.4 is 4.90 Å². The maximum Gasteiger partial charge on any atom is 0.316 e. The molecule has 5 fully saturated rings. The standard InChI is InChI=1S/C31H43N3O3/c1-21(35)29-14-7-15-32(29)30(36)31(37)34(24-10-3-2-4-11-24)28-19-25-12-6-13-26(20-28)33(25)27-17-22-8-5-9-23(16-22)18-27/h2-4,10-11,22-23,25-29H,5-9,12-20H2,1H3/t22-,23+,25-,26+,27?,28?,29-/m0/s1. The fourth-order valence-corrected chi connectivity index (χ4v) is 8.88. The Labute approximate surface area is 221 Å². The van der Waals surface area contributed by atoms with Crippen LogP contribution in [0.2, 0.25) is 0 Å². The number of amides is 2. The Balaban J connectivity index is 1.25. The van der Waals surface area contributed by atoms with Gasteiger partial charge in [-0.25, -0.2) is 0 Å². The lowest BCUT2D eigenvalue weighted by Crippen LogP contribution is -2.63. The third-order valence-electron chi connectivity index (χ3n) is 10.3. The van der Waals surface area contributed by atoms with Gasteiger partial charge in [0.05, 0.1) is 6.04 Å². The normalized spacial score (nSPS) is 35.7. The van der Waals surface area contributed by atoms with Gasteiger partial charge in [0.15, 0.2) is 5.78 Å². The summed E-state index contributed by atoms with van der Waals surface area (Å²) in [5.74, 6) is 0.832. The van der Waals surface area contributed by atoms with Crippen molar-refractivity contribution in [1.82, 2.24) is 9.80 Å². The molecular weight excluding hydrogens is 462 g/mol. The van der Waals surface area contributed by atoms with Gasteiger partial charge in [-0.3, -0.25) is 19.3 Å². The largest absolute Gasteiger partial charge is 0.324 e. The zero-order valence-corrected chi connectivity index (χ0v) is 22.4. The van der Waals surface area contributed by atoms with E-state index < -0.39 is 17.9 Å². The van der Waals surface area contributed by atoms with Crippen molar-refractivity contribution in [3.8, 4) is 0 Å². The molecule has 0 radical (unpaired) electrons. The van der Waals surface area contributed by atoms with Gasteiger partial charge in [-0.2, -0.15) is 0 Å². The van der Waals surface area contributed by atoms with Crippen LogP contribution in [0.5, 0.6) is 0 Å². The number of likely N-dealkylation sites (tertiary alicyclic amines) is 1. The Bertz CT molecular complexity index is 986. The first-order chi connectivity index (χ1) is 18.0. The van der Waals surface area contributed by atoms with Gasteiger partial charge in [-0.15, -0.1) is 0 Å². The van der Waals surface area contributed by atoms with Gasteiger partial charge < -0.3 is 9.80 Å². The first-order valence-corrected chi connectivity index (χ1v) is 15.0. The van der Waals surface area contributed by atoms with E-state index in [2.05, 4.69) is 4.90 Å². The van der Waals surface area contributed by atoms with Gasteiger partial charge in [0, 0.05) is 36.4 Å². The van der Waals surface area contributed by atoms with E-state index in [1.54, 1.807) is 0 Å². The predicted octanol–water partition coefficient (Wildman–Crippen LogP) is 4.95. The average Bonchev–Trinajstić information content (AvgIpc) is 3.39. The van der Waals surface area contributed by atoms with Crippen molar-refractivity contribution in [2.75, 3.05) is 11.4 Å². The van der Waals surface area contributed by atoms with Crippen LogP contribution >= 0.6 is 0 Å². The summed E-state index contributed by atoms with van der Waals surface area (Å²) in [6.07, 6.45) is 15.4. The summed E-state index contributed by atoms with van der Waals surface area (Å²) in [4.78, 5) is 45.9. The Kier molecular flexibility index (Phi) is 7.13. The number of nitrogens with zero attached hydrogens (tertiary/aromatic N) is 3. The molecule has 1 aromatic rings. The summed E-state index contributed by atoms with van der Waals surface area (Å²) >= 11 is 0. The molecule has 7 atom stereocenters. The number of piperidine rings is 2. The van der Waals surface area contributed by atoms with Gasteiger partial charge in [0.25, 0.3) is 0 Å². The summed E-state index contributed by atoms with van der Waals surface area (Å²) in [6.45, 7) is 2.03. The van der Waals surface area contributed by atoms with E-state index in [1.165, 1.54) is 69.6 Å². The fraction of sp³-hybridized carbons (Fsp3) is 0.710. The second kappa shape index (κ2) is 10.5. The van der Waals surface area contributed by atoms with Crippen molar-refractivity contribution in [3.05, 3.63) is 30.3 Å². The molecule has 6 nitrogen and oxygen atoms in total. The van der Waals surface area contributed by atoms with E-state index >= 15 is 0 Å². The number of rotatable bonds is 4. The topological polar surface area (TPSA) is 60.9 Å². The molecule has 3 aliphatic heterocycles. The zero-order valence-electron chi connectivity index (χ0n) is 22.4.